The van der Waals surface area contributed by atoms with Crippen molar-refractivity contribution in [3.63, 3.8) is 0 Å². The standard InChI is InChI=1S/C14H18BrNO3/c1-9-6-12(4-5-19-9)16-8-11-3-2-10(14(17)18)7-13(11)15/h2-3,7,9,12,16H,4-6,8H2,1H3,(H,17,18). The van der Waals surface area contributed by atoms with E-state index in [0.29, 0.717) is 17.7 Å². The lowest BCUT2D eigenvalue weighted by Gasteiger charge is -2.28. The number of carboxylic acid groups (broad SMARTS) is 1. The van der Waals surface area contributed by atoms with Gasteiger partial charge in [-0.15, -0.1) is 0 Å². The van der Waals surface area contributed by atoms with E-state index in [1.165, 1.54) is 0 Å². The fourth-order valence-electron chi connectivity index (χ4n) is 2.26. The predicted octanol–water partition coefficient (Wildman–Crippen LogP) is 2.80. The molecule has 0 bridgehead atoms. The molecule has 4 nitrogen and oxygen atoms in total. The summed E-state index contributed by atoms with van der Waals surface area (Å²) in [4.78, 5) is 10.9. The molecule has 0 amide bonds. The number of carbonyl (C=O) groups is 1. The summed E-state index contributed by atoms with van der Waals surface area (Å²) in [5, 5.41) is 12.4. The largest absolute Gasteiger partial charge is 0.478 e. The average molecular weight is 328 g/mol. The molecule has 0 saturated carbocycles. The molecule has 1 aliphatic heterocycles. The predicted molar refractivity (Wildman–Crippen MR) is 76.4 cm³/mol. The van der Waals surface area contributed by atoms with Crippen molar-refractivity contribution in [2.75, 3.05) is 6.61 Å². The van der Waals surface area contributed by atoms with E-state index in [-0.39, 0.29) is 0 Å². The third-order valence-corrected chi connectivity index (χ3v) is 4.10. The van der Waals surface area contributed by atoms with Crippen LogP contribution in [-0.4, -0.2) is 29.8 Å². The van der Waals surface area contributed by atoms with Crippen LogP contribution in [0.4, 0.5) is 0 Å². The minimum atomic E-state index is -0.904. The van der Waals surface area contributed by atoms with Crippen LogP contribution in [0.5, 0.6) is 0 Å². The summed E-state index contributed by atoms with van der Waals surface area (Å²) in [6.45, 7) is 3.63. The summed E-state index contributed by atoms with van der Waals surface area (Å²) >= 11 is 3.42. The Labute approximate surface area is 121 Å². The number of aromatic carboxylic acids is 1. The van der Waals surface area contributed by atoms with Gasteiger partial charge >= 0.3 is 5.97 Å². The second-order valence-electron chi connectivity index (χ2n) is 4.89. The van der Waals surface area contributed by atoms with Gasteiger partial charge in [-0.05, 0) is 37.5 Å². The van der Waals surface area contributed by atoms with Crippen molar-refractivity contribution in [3.8, 4) is 0 Å². The molecule has 0 aliphatic carbocycles. The van der Waals surface area contributed by atoms with Gasteiger partial charge in [0, 0.05) is 23.7 Å². The van der Waals surface area contributed by atoms with Crippen molar-refractivity contribution in [2.45, 2.75) is 38.5 Å². The van der Waals surface area contributed by atoms with Crippen LogP contribution in [0.25, 0.3) is 0 Å². The Balaban J connectivity index is 1.94. The second-order valence-corrected chi connectivity index (χ2v) is 5.75. The number of ether oxygens (including phenoxy) is 1. The quantitative estimate of drug-likeness (QED) is 0.892. The highest BCUT2D eigenvalue weighted by Gasteiger charge is 2.18. The van der Waals surface area contributed by atoms with Crippen LogP contribution in [0.3, 0.4) is 0 Å². The van der Waals surface area contributed by atoms with Gasteiger partial charge in [0.1, 0.15) is 0 Å². The summed E-state index contributed by atoms with van der Waals surface area (Å²) in [5.74, 6) is -0.904. The van der Waals surface area contributed by atoms with Gasteiger partial charge in [0.15, 0.2) is 0 Å². The Morgan fingerprint density at radius 2 is 2.37 bits per heavy atom. The maximum atomic E-state index is 10.9. The lowest BCUT2D eigenvalue weighted by Crippen LogP contribution is -2.37. The second kappa shape index (κ2) is 6.50. The summed E-state index contributed by atoms with van der Waals surface area (Å²) in [6.07, 6.45) is 2.35. The van der Waals surface area contributed by atoms with E-state index >= 15 is 0 Å². The summed E-state index contributed by atoms with van der Waals surface area (Å²) in [7, 11) is 0. The molecular formula is C14H18BrNO3. The maximum Gasteiger partial charge on any atom is 0.335 e. The number of hydrogen-bond acceptors (Lipinski definition) is 3. The molecule has 0 aromatic heterocycles. The van der Waals surface area contributed by atoms with Gasteiger partial charge in [0.25, 0.3) is 0 Å². The van der Waals surface area contributed by atoms with Gasteiger partial charge in [-0.3, -0.25) is 0 Å². The van der Waals surface area contributed by atoms with Crippen LogP contribution in [0, 0.1) is 0 Å². The normalized spacial score (nSPS) is 23.3. The fraction of sp³-hybridized carbons (Fsp3) is 0.500. The molecule has 1 aromatic rings. The lowest BCUT2D eigenvalue weighted by molar-refractivity contribution is 0.0130. The number of carboxylic acids is 1. The van der Waals surface area contributed by atoms with Gasteiger partial charge in [0.05, 0.1) is 11.7 Å². The van der Waals surface area contributed by atoms with Crippen molar-refractivity contribution < 1.29 is 14.6 Å². The van der Waals surface area contributed by atoms with E-state index in [2.05, 4.69) is 28.2 Å². The molecule has 1 heterocycles. The van der Waals surface area contributed by atoms with Crippen LogP contribution in [-0.2, 0) is 11.3 Å². The van der Waals surface area contributed by atoms with Crippen molar-refractivity contribution in [2.24, 2.45) is 0 Å². The lowest BCUT2D eigenvalue weighted by atomic mass is 10.0. The van der Waals surface area contributed by atoms with Crippen molar-refractivity contribution in [1.29, 1.82) is 0 Å². The van der Waals surface area contributed by atoms with Gasteiger partial charge in [-0.25, -0.2) is 4.79 Å². The first-order chi connectivity index (χ1) is 9.06. The number of halogens is 1. The van der Waals surface area contributed by atoms with Crippen LogP contribution in [0.2, 0.25) is 0 Å². The molecule has 1 fully saturated rings. The molecule has 2 atom stereocenters. The Morgan fingerprint density at radius 1 is 1.58 bits per heavy atom. The highest BCUT2D eigenvalue weighted by atomic mass is 79.9. The molecule has 104 valence electrons. The van der Waals surface area contributed by atoms with Crippen molar-refractivity contribution in [1.82, 2.24) is 5.32 Å². The SMILES string of the molecule is CC1CC(NCc2ccc(C(=O)O)cc2Br)CCO1. The Kier molecular flexibility index (Phi) is 4.96. The third kappa shape index (κ3) is 4.03. The van der Waals surface area contributed by atoms with E-state index in [1.807, 2.05) is 6.07 Å². The number of hydrogen-bond donors (Lipinski definition) is 2. The minimum Gasteiger partial charge on any atom is -0.478 e. The topological polar surface area (TPSA) is 58.6 Å². The molecule has 2 N–H and O–H groups in total. The van der Waals surface area contributed by atoms with Gasteiger partial charge in [-0.1, -0.05) is 22.0 Å². The molecule has 1 aliphatic rings. The van der Waals surface area contributed by atoms with Gasteiger partial charge < -0.3 is 15.2 Å². The summed E-state index contributed by atoms with van der Waals surface area (Å²) in [5.41, 5.74) is 1.37. The van der Waals surface area contributed by atoms with E-state index in [0.717, 1.165) is 36.0 Å². The summed E-state index contributed by atoms with van der Waals surface area (Å²) < 4.78 is 6.34. The van der Waals surface area contributed by atoms with Crippen LogP contribution in [0.15, 0.2) is 22.7 Å². The van der Waals surface area contributed by atoms with Crippen LogP contribution in [0.1, 0.15) is 35.7 Å². The first-order valence-electron chi connectivity index (χ1n) is 6.43. The third-order valence-electron chi connectivity index (χ3n) is 3.37. The molecular weight excluding hydrogens is 310 g/mol. The van der Waals surface area contributed by atoms with E-state index < -0.39 is 5.97 Å². The first kappa shape index (κ1) is 14.5. The molecule has 0 spiro atoms. The molecule has 1 aromatic carbocycles. The van der Waals surface area contributed by atoms with Crippen LogP contribution >= 0.6 is 15.9 Å². The highest BCUT2D eigenvalue weighted by Crippen LogP contribution is 2.20. The summed E-state index contributed by atoms with van der Waals surface area (Å²) in [6, 6.07) is 5.60. The van der Waals surface area contributed by atoms with Crippen LogP contribution < -0.4 is 5.32 Å². The Morgan fingerprint density at radius 3 is 3.00 bits per heavy atom. The number of benzene rings is 1. The first-order valence-corrected chi connectivity index (χ1v) is 7.22. The zero-order valence-electron chi connectivity index (χ0n) is 10.9. The fourth-order valence-corrected chi connectivity index (χ4v) is 2.78. The number of rotatable bonds is 4. The van der Waals surface area contributed by atoms with E-state index in [9.17, 15) is 4.79 Å². The van der Waals surface area contributed by atoms with E-state index in [4.69, 9.17) is 9.84 Å². The molecule has 1 saturated heterocycles. The molecule has 19 heavy (non-hydrogen) atoms. The Bertz CT molecular complexity index is 464. The van der Waals surface area contributed by atoms with E-state index in [1.54, 1.807) is 12.1 Å². The zero-order valence-corrected chi connectivity index (χ0v) is 12.4. The average Bonchev–Trinajstić information content (AvgIpc) is 2.37. The zero-order chi connectivity index (χ0) is 13.8. The molecule has 5 heteroatoms. The molecule has 2 rings (SSSR count). The Hall–Kier alpha value is -0.910. The van der Waals surface area contributed by atoms with Crippen molar-refractivity contribution >= 4 is 21.9 Å². The number of nitrogens with one attached hydrogen (secondary N) is 1. The molecule has 2 unspecified atom stereocenters. The van der Waals surface area contributed by atoms with Gasteiger partial charge in [-0.2, -0.15) is 0 Å². The minimum absolute atomic E-state index is 0.301. The maximum absolute atomic E-state index is 10.9. The smallest absolute Gasteiger partial charge is 0.335 e. The molecule has 0 radical (unpaired) electrons. The van der Waals surface area contributed by atoms with Crippen molar-refractivity contribution in [3.05, 3.63) is 33.8 Å². The van der Waals surface area contributed by atoms with Gasteiger partial charge in [0.2, 0.25) is 0 Å². The monoisotopic (exact) mass is 327 g/mol. The highest BCUT2D eigenvalue weighted by molar-refractivity contribution is 9.10.